The number of halogens is 2. The maximum atomic E-state index is 13.8. The number of hydrogen-bond acceptors (Lipinski definition) is 7. The Morgan fingerprint density at radius 2 is 2.03 bits per heavy atom. The second kappa shape index (κ2) is 7.93. The molecular formula is C19H18F2N8O. The minimum atomic E-state index is -0.947. The van der Waals surface area contributed by atoms with E-state index in [2.05, 4.69) is 30.7 Å². The normalized spacial score (nSPS) is 14.2. The van der Waals surface area contributed by atoms with Crippen LogP contribution in [-0.4, -0.2) is 49.2 Å². The third-order valence-corrected chi connectivity index (χ3v) is 4.78. The van der Waals surface area contributed by atoms with Crippen molar-refractivity contribution in [3.05, 3.63) is 59.1 Å². The quantitative estimate of drug-likeness (QED) is 0.701. The zero-order valence-electron chi connectivity index (χ0n) is 16.3. The SMILES string of the molecule is CC1=C(c2cnc(NC(=O)c3ccc(F)cc3F)cn2)CN(c2nnn(C)n2)CC1. The van der Waals surface area contributed by atoms with E-state index in [1.54, 1.807) is 13.2 Å². The average molecular weight is 412 g/mol. The van der Waals surface area contributed by atoms with E-state index >= 15 is 0 Å². The molecule has 3 aromatic rings. The largest absolute Gasteiger partial charge is 0.333 e. The number of tetrazole rings is 1. The van der Waals surface area contributed by atoms with Crippen molar-refractivity contribution < 1.29 is 13.6 Å². The molecule has 9 nitrogen and oxygen atoms in total. The Labute approximate surface area is 170 Å². The highest BCUT2D eigenvalue weighted by molar-refractivity contribution is 6.03. The molecule has 0 atom stereocenters. The van der Waals surface area contributed by atoms with Crippen molar-refractivity contribution in [1.29, 1.82) is 0 Å². The van der Waals surface area contributed by atoms with Crippen LogP contribution in [-0.2, 0) is 7.05 Å². The molecule has 0 unspecified atom stereocenters. The molecule has 1 aliphatic rings. The maximum absolute atomic E-state index is 13.8. The van der Waals surface area contributed by atoms with Crippen LogP contribution in [0.5, 0.6) is 0 Å². The third kappa shape index (κ3) is 4.00. The summed E-state index contributed by atoms with van der Waals surface area (Å²) in [6, 6.07) is 2.75. The van der Waals surface area contributed by atoms with Crippen LogP contribution in [0.15, 0.2) is 36.2 Å². The van der Waals surface area contributed by atoms with Gasteiger partial charge in [-0.25, -0.2) is 13.8 Å². The number of amides is 1. The molecule has 1 aromatic carbocycles. The predicted octanol–water partition coefficient (Wildman–Crippen LogP) is 2.21. The van der Waals surface area contributed by atoms with Crippen molar-refractivity contribution in [2.75, 3.05) is 23.3 Å². The lowest BCUT2D eigenvalue weighted by Crippen LogP contribution is -2.32. The van der Waals surface area contributed by atoms with Gasteiger partial charge in [-0.3, -0.25) is 9.78 Å². The van der Waals surface area contributed by atoms with E-state index in [9.17, 15) is 13.6 Å². The van der Waals surface area contributed by atoms with Crippen molar-refractivity contribution in [1.82, 2.24) is 30.2 Å². The monoisotopic (exact) mass is 412 g/mol. The minimum Gasteiger partial charge on any atom is -0.333 e. The summed E-state index contributed by atoms with van der Waals surface area (Å²) in [6.45, 7) is 3.36. The summed E-state index contributed by atoms with van der Waals surface area (Å²) in [5.74, 6) is -1.73. The van der Waals surface area contributed by atoms with Gasteiger partial charge in [0.05, 0.1) is 30.7 Å². The van der Waals surface area contributed by atoms with Crippen LogP contribution in [0.3, 0.4) is 0 Å². The molecule has 1 N–H and O–H groups in total. The van der Waals surface area contributed by atoms with Gasteiger partial charge in [0.2, 0.25) is 0 Å². The Kier molecular flexibility index (Phi) is 5.17. The number of benzene rings is 1. The number of carbonyl (C=O) groups excluding carboxylic acids is 1. The van der Waals surface area contributed by atoms with Gasteiger partial charge in [0.15, 0.2) is 5.82 Å². The molecule has 11 heteroatoms. The summed E-state index contributed by atoms with van der Waals surface area (Å²) in [7, 11) is 1.71. The molecule has 0 bridgehead atoms. The van der Waals surface area contributed by atoms with Crippen LogP contribution in [0.2, 0.25) is 0 Å². The number of carbonyl (C=O) groups is 1. The Bertz CT molecular complexity index is 1130. The first kappa shape index (κ1) is 19.6. The second-order valence-corrected chi connectivity index (χ2v) is 6.87. The van der Waals surface area contributed by atoms with Crippen molar-refractivity contribution >= 4 is 23.2 Å². The number of rotatable bonds is 4. The Morgan fingerprint density at radius 3 is 2.70 bits per heavy atom. The third-order valence-electron chi connectivity index (χ3n) is 4.78. The number of nitrogens with zero attached hydrogens (tertiary/aromatic N) is 7. The molecule has 1 aliphatic heterocycles. The first-order chi connectivity index (χ1) is 14.4. The van der Waals surface area contributed by atoms with Gasteiger partial charge in [-0.2, -0.15) is 4.80 Å². The van der Waals surface area contributed by atoms with Crippen LogP contribution >= 0.6 is 0 Å². The molecule has 4 rings (SSSR count). The molecule has 154 valence electrons. The second-order valence-electron chi connectivity index (χ2n) is 6.87. The predicted molar refractivity (Wildman–Crippen MR) is 105 cm³/mol. The number of aryl methyl sites for hydroxylation is 1. The van der Waals surface area contributed by atoms with E-state index in [0.717, 1.165) is 30.7 Å². The molecule has 3 heterocycles. The zero-order valence-corrected chi connectivity index (χ0v) is 16.3. The topological polar surface area (TPSA) is 102 Å². The fraction of sp³-hybridized carbons (Fsp3) is 0.263. The van der Waals surface area contributed by atoms with Gasteiger partial charge in [-0.15, -0.1) is 5.10 Å². The molecule has 2 aromatic heterocycles. The summed E-state index contributed by atoms with van der Waals surface area (Å²) < 4.78 is 26.8. The molecular weight excluding hydrogens is 394 g/mol. The molecule has 30 heavy (non-hydrogen) atoms. The highest BCUT2D eigenvalue weighted by Gasteiger charge is 2.22. The Morgan fingerprint density at radius 1 is 1.20 bits per heavy atom. The fourth-order valence-corrected chi connectivity index (χ4v) is 3.14. The molecule has 0 saturated carbocycles. The van der Waals surface area contributed by atoms with E-state index in [1.165, 1.54) is 16.6 Å². The number of hydrogen-bond donors (Lipinski definition) is 1. The van der Waals surface area contributed by atoms with Crippen LogP contribution in [0.25, 0.3) is 5.57 Å². The standard InChI is InChI=1S/C19H18F2N8O/c1-11-5-6-29(19-25-27-28(2)26-19)10-14(11)16-8-23-17(9-22-16)24-18(30)13-4-3-12(20)7-15(13)21/h3-4,7-9H,5-6,10H2,1-2H3,(H,23,24,30). The first-order valence-corrected chi connectivity index (χ1v) is 9.17. The molecule has 0 saturated heterocycles. The number of aromatic nitrogens is 6. The smallest absolute Gasteiger partial charge is 0.266 e. The molecule has 1 amide bonds. The summed E-state index contributed by atoms with van der Waals surface area (Å²) in [6.07, 6.45) is 3.76. The van der Waals surface area contributed by atoms with Crippen molar-refractivity contribution in [3.63, 3.8) is 0 Å². The van der Waals surface area contributed by atoms with Gasteiger partial charge in [-0.1, -0.05) is 10.7 Å². The zero-order chi connectivity index (χ0) is 21.3. The maximum Gasteiger partial charge on any atom is 0.266 e. The van der Waals surface area contributed by atoms with Crippen LogP contribution < -0.4 is 10.2 Å². The number of nitrogens with one attached hydrogen (secondary N) is 1. The summed E-state index contributed by atoms with van der Waals surface area (Å²) in [5.41, 5.74) is 2.55. The fourth-order valence-electron chi connectivity index (χ4n) is 3.14. The molecule has 0 aliphatic carbocycles. The van der Waals surface area contributed by atoms with Gasteiger partial charge < -0.3 is 10.2 Å². The van der Waals surface area contributed by atoms with Gasteiger partial charge in [0.25, 0.3) is 11.9 Å². The van der Waals surface area contributed by atoms with E-state index in [-0.39, 0.29) is 11.4 Å². The Balaban J connectivity index is 1.49. The average Bonchev–Trinajstić information content (AvgIpc) is 3.15. The van der Waals surface area contributed by atoms with Gasteiger partial charge in [-0.05, 0) is 36.3 Å². The minimum absolute atomic E-state index is 0.161. The van der Waals surface area contributed by atoms with Gasteiger partial charge >= 0.3 is 0 Å². The van der Waals surface area contributed by atoms with E-state index in [0.29, 0.717) is 24.3 Å². The van der Waals surface area contributed by atoms with Crippen LogP contribution in [0.4, 0.5) is 20.5 Å². The Hall–Kier alpha value is -3.76. The van der Waals surface area contributed by atoms with Gasteiger partial charge in [0, 0.05) is 19.2 Å². The van der Waals surface area contributed by atoms with E-state index < -0.39 is 17.5 Å². The van der Waals surface area contributed by atoms with E-state index in [1.807, 2.05) is 11.8 Å². The van der Waals surface area contributed by atoms with Crippen molar-refractivity contribution in [2.45, 2.75) is 13.3 Å². The number of anilines is 2. The highest BCUT2D eigenvalue weighted by Crippen LogP contribution is 2.27. The van der Waals surface area contributed by atoms with Crippen molar-refractivity contribution in [2.24, 2.45) is 7.05 Å². The van der Waals surface area contributed by atoms with Crippen LogP contribution in [0.1, 0.15) is 29.4 Å². The summed E-state index contributed by atoms with van der Waals surface area (Å²) in [5, 5.41) is 14.6. The summed E-state index contributed by atoms with van der Waals surface area (Å²) >= 11 is 0. The molecule has 0 radical (unpaired) electrons. The highest BCUT2D eigenvalue weighted by atomic mass is 19.1. The lowest BCUT2D eigenvalue weighted by Gasteiger charge is -2.28. The van der Waals surface area contributed by atoms with Gasteiger partial charge in [0.1, 0.15) is 11.6 Å². The molecule has 0 spiro atoms. The first-order valence-electron chi connectivity index (χ1n) is 9.17. The molecule has 0 fully saturated rings. The lowest BCUT2D eigenvalue weighted by molar-refractivity contribution is 0.102. The van der Waals surface area contributed by atoms with E-state index in [4.69, 9.17) is 0 Å². The van der Waals surface area contributed by atoms with Crippen LogP contribution in [0, 0.1) is 11.6 Å². The lowest BCUT2D eigenvalue weighted by atomic mass is 9.99. The van der Waals surface area contributed by atoms with Crippen molar-refractivity contribution in [3.8, 4) is 0 Å². The summed E-state index contributed by atoms with van der Waals surface area (Å²) in [4.78, 5) is 24.2.